The van der Waals surface area contributed by atoms with Crippen LogP contribution in [0.3, 0.4) is 0 Å². The summed E-state index contributed by atoms with van der Waals surface area (Å²) < 4.78 is 0. The molecule has 1 aliphatic rings. The van der Waals surface area contributed by atoms with Crippen molar-refractivity contribution in [1.82, 2.24) is 5.32 Å². The van der Waals surface area contributed by atoms with Gasteiger partial charge in [-0.2, -0.15) is 0 Å². The van der Waals surface area contributed by atoms with Crippen LogP contribution in [0.25, 0.3) is 0 Å². The molecule has 3 nitrogen and oxygen atoms in total. The topological polar surface area (TPSA) is 41.1 Å². The summed E-state index contributed by atoms with van der Waals surface area (Å²) in [4.78, 5) is 12.3. The average Bonchev–Trinajstić information content (AvgIpc) is 2.92. The van der Waals surface area contributed by atoms with Crippen molar-refractivity contribution in [2.75, 3.05) is 5.32 Å². The average molecular weight is 321 g/mol. The van der Waals surface area contributed by atoms with E-state index in [1.165, 1.54) is 5.56 Å². The Morgan fingerprint density at radius 2 is 1.86 bits per heavy atom. The summed E-state index contributed by atoms with van der Waals surface area (Å²) >= 11 is 12.2. The lowest BCUT2D eigenvalue weighted by atomic mass is 10.1. The van der Waals surface area contributed by atoms with Gasteiger partial charge in [0.25, 0.3) is 5.91 Å². The lowest BCUT2D eigenvalue weighted by Gasteiger charge is -2.10. The highest BCUT2D eigenvalue weighted by Crippen LogP contribution is 2.29. The molecule has 2 aromatic carbocycles. The van der Waals surface area contributed by atoms with Gasteiger partial charge >= 0.3 is 0 Å². The molecule has 0 fully saturated rings. The number of rotatable bonds is 2. The molecule has 0 radical (unpaired) electrons. The van der Waals surface area contributed by atoms with Gasteiger partial charge in [-0.25, -0.2) is 0 Å². The van der Waals surface area contributed by atoms with E-state index in [2.05, 4.69) is 10.6 Å². The first-order chi connectivity index (χ1) is 10.0. The zero-order chi connectivity index (χ0) is 15.0. The van der Waals surface area contributed by atoms with Crippen LogP contribution in [0.5, 0.6) is 0 Å². The predicted molar refractivity (Wildman–Crippen MR) is 86.1 cm³/mol. The molecule has 0 bridgehead atoms. The van der Waals surface area contributed by atoms with Gasteiger partial charge in [0.1, 0.15) is 0 Å². The van der Waals surface area contributed by atoms with Gasteiger partial charge in [-0.05, 0) is 47.9 Å². The van der Waals surface area contributed by atoms with Crippen LogP contribution >= 0.6 is 23.2 Å². The van der Waals surface area contributed by atoms with E-state index in [0.717, 1.165) is 24.2 Å². The fourth-order valence-corrected chi connectivity index (χ4v) is 2.80. The minimum atomic E-state index is -0.188. The van der Waals surface area contributed by atoms with E-state index in [1.807, 2.05) is 25.1 Å². The second-order valence-corrected chi connectivity index (χ2v) is 5.94. The SMILES string of the molecule is Cc1cc(Cl)c(NC(=O)c2ccc3c(c2)CNC3)cc1Cl. The van der Waals surface area contributed by atoms with Crippen molar-refractivity contribution in [2.45, 2.75) is 20.0 Å². The van der Waals surface area contributed by atoms with Crippen LogP contribution in [-0.4, -0.2) is 5.91 Å². The number of anilines is 1. The van der Waals surface area contributed by atoms with E-state index in [9.17, 15) is 4.79 Å². The fourth-order valence-electron chi connectivity index (χ4n) is 2.37. The maximum atomic E-state index is 12.3. The number of benzene rings is 2. The maximum Gasteiger partial charge on any atom is 0.255 e. The van der Waals surface area contributed by atoms with Crippen LogP contribution in [-0.2, 0) is 13.1 Å². The molecule has 108 valence electrons. The molecule has 3 rings (SSSR count). The fraction of sp³-hybridized carbons (Fsp3) is 0.188. The number of aryl methyl sites for hydroxylation is 1. The Bertz CT molecular complexity index is 728. The lowest BCUT2D eigenvalue weighted by molar-refractivity contribution is 0.102. The summed E-state index contributed by atoms with van der Waals surface area (Å²) in [5.41, 5.74) is 4.42. The summed E-state index contributed by atoms with van der Waals surface area (Å²) in [7, 11) is 0. The molecule has 0 aliphatic carbocycles. The molecule has 0 spiro atoms. The Morgan fingerprint density at radius 1 is 1.10 bits per heavy atom. The quantitative estimate of drug-likeness (QED) is 0.872. The summed E-state index contributed by atoms with van der Waals surface area (Å²) in [6.07, 6.45) is 0. The van der Waals surface area contributed by atoms with E-state index in [1.54, 1.807) is 12.1 Å². The predicted octanol–water partition coefficient (Wildman–Crippen LogP) is 4.16. The Kier molecular flexibility index (Phi) is 3.89. The second-order valence-electron chi connectivity index (χ2n) is 5.12. The molecule has 0 saturated carbocycles. The first kappa shape index (κ1) is 14.4. The standard InChI is InChI=1S/C16H14Cl2N2O/c1-9-4-14(18)15(6-13(9)17)20-16(21)10-2-3-11-7-19-8-12(11)5-10/h2-6,19H,7-8H2,1H3,(H,20,21). The molecule has 0 atom stereocenters. The van der Waals surface area contributed by atoms with Crippen molar-refractivity contribution in [3.63, 3.8) is 0 Å². The van der Waals surface area contributed by atoms with Crippen LogP contribution in [0.2, 0.25) is 10.0 Å². The number of hydrogen-bond donors (Lipinski definition) is 2. The summed E-state index contributed by atoms with van der Waals surface area (Å²) in [5.74, 6) is -0.188. The molecule has 0 saturated heterocycles. The third-order valence-electron chi connectivity index (χ3n) is 3.60. The lowest BCUT2D eigenvalue weighted by Crippen LogP contribution is -2.12. The van der Waals surface area contributed by atoms with Gasteiger partial charge < -0.3 is 10.6 Å². The third kappa shape index (κ3) is 2.91. The molecular weight excluding hydrogens is 307 g/mol. The Hall–Kier alpha value is -1.55. The first-order valence-corrected chi connectivity index (χ1v) is 7.39. The van der Waals surface area contributed by atoms with Crippen molar-refractivity contribution in [1.29, 1.82) is 0 Å². The molecular formula is C16H14Cl2N2O. The van der Waals surface area contributed by atoms with Crippen molar-refractivity contribution in [3.05, 3.63) is 62.6 Å². The minimum Gasteiger partial charge on any atom is -0.321 e. The number of fused-ring (bicyclic) bond motifs is 1. The summed E-state index contributed by atoms with van der Waals surface area (Å²) in [6, 6.07) is 9.13. The number of carbonyl (C=O) groups is 1. The highest BCUT2D eigenvalue weighted by molar-refractivity contribution is 6.36. The molecule has 2 aromatic rings. The van der Waals surface area contributed by atoms with Crippen molar-refractivity contribution in [3.8, 4) is 0 Å². The normalized spacial score (nSPS) is 13.1. The summed E-state index contributed by atoms with van der Waals surface area (Å²) in [5, 5.41) is 7.12. The monoisotopic (exact) mass is 320 g/mol. The van der Waals surface area contributed by atoms with Crippen molar-refractivity contribution < 1.29 is 4.79 Å². The number of carbonyl (C=O) groups excluding carboxylic acids is 1. The van der Waals surface area contributed by atoms with Gasteiger partial charge in [0, 0.05) is 23.7 Å². The summed E-state index contributed by atoms with van der Waals surface area (Å²) in [6.45, 7) is 3.53. The molecule has 0 aromatic heterocycles. The molecule has 1 aliphatic heterocycles. The van der Waals surface area contributed by atoms with Gasteiger partial charge in [0.2, 0.25) is 0 Å². The van der Waals surface area contributed by atoms with Crippen molar-refractivity contribution >= 4 is 34.8 Å². The third-order valence-corrected chi connectivity index (χ3v) is 4.32. The zero-order valence-corrected chi connectivity index (χ0v) is 13.0. The van der Waals surface area contributed by atoms with Crippen LogP contribution in [0.15, 0.2) is 30.3 Å². The molecule has 0 unspecified atom stereocenters. The van der Waals surface area contributed by atoms with Crippen LogP contribution in [0.4, 0.5) is 5.69 Å². The first-order valence-electron chi connectivity index (χ1n) is 6.64. The highest BCUT2D eigenvalue weighted by Gasteiger charge is 2.15. The van der Waals surface area contributed by atoms with E-state index >= 15 is 0 Å². The number of halogens is 2. The number of hydrogen-bond acceptors (Lipinski definition) is 2. The zero-order valence-electron chi connectivity index (χ0n) is 11.5. The van der Waals surface area contributed by atoms with Crippen LogP contribution in [0.1, 0.15) is 27.0 Å². The smallest absolute Gasteiger partial charge is 0.255 e. The van der Waals surface area contributed by atoms with E-state index in [0.29, 0.717) is 21.3 Å². The van der Waals surface area contributed by atoms with Crippen LogP contribution < -0.4 is 10.6 Å². The largest absolute Gasteiger partial charge is 0.321 e. The van der Waals surface area contributed by atoms with Gasteiger partial charge in [-0.15, -0.1) is 0 Å². The van der Waals surface area contributed by atoms with Gasteiger partial charge in [0.05, 0.1) is 10.7 Å². The number of nitrogens with one attached hydrogen (secondary N) is 2. The molecule has 21 heavy (non-hydrogen) atoms. The second kappa shape index (κ2) is 5.68. The molecule has 5 heteroatoms. The Balaban J connectivity index is 1.85. The Morgan fingerprint density at radius 3 is 2.67 bits per heavy atom. The molecule has 2 N–H and O–H groups in total. The maximum absolute atomic E-state index is 12.3. The minimum absolute atomic E-state index is 0.188. The molecule has 1 heterocycles. The number of amides is 1. The Labute approximate surface area is 133 Å². The molecule has 1 amide bonds. The highest BCUT2D eigenvalue weighted by atomic mass is 35.5. The van der Waals surface area contributed by atoms with Crippen LogP contribution in [0, 0.1) is 6.92 Å². The van der Waals surface area contributed by atoms with Gasteiger partial charge in [-0.1, -0.05) is 29.3 Å². The van der Waals surface area contributed by atoms with Crippen molar-refractivity contribution in [2.24, 2.45) is 0 Å². The van der Waals surface area contributed by atoms with E-state index < -0.39 is 0 Å². The van der Waals surface area contributed by atoms with E-state index in [4.69, 9.17) is 23.2 Å². The van der Waals surface area contributed by atoms with E-state index in [-0.39, 0.29) is 5.91 Å². The van der Waals surface area contributed by atoms with Gasteiger partial charge in [-0.3, -0.25) is 4.79 Å². The van der Waals surface area contributed by atoms with Gasteiger partial charge in [0.15, 0.2) is 0 Å².